The number of rotatable bonds is 9. The fourth-order valence-electron chi connectivity index (χ4n) is 4.70. The predicted molar refractivity (Wildman–Crippen MR) is 151 cm³/mol. The van der Waals surface area contributed by atoms with Crippen molar-refractivity contribution in [2.24, 2.45) is 0 Å². The molecule has 1 fully saturated rings. The van der Waals surface area contributed by atoms with Crippen molar-refractivity contribution in [3.05, 3.63) is 66.5 Å². The number of aromatic nitrogens is 3. The predicted octanol–water partition coefficient (Wildman–Crippen LogP) is 5.11. The number of fused-ring (bicyclic) bond motifs is 1. The molecule has 0 spiro atoms. The second-order valence-corrected chi connectivity index (χ2v) is 11.3. The molecule has 1 saturated heterocycles. The first-order valence-corrected chi connectivity index (χ1v) is 14.5. The lowest BCUT2D eigenvalue weighted by Crippen LogP contribution is -2.38. The topological polar surface area (TPSA) is 118 Å². The van der Waals surface area contributed by atoms with Crippen molar-refractivity contribution in [1.82, 2.24) is 20.3 Å². The molecule has 1 aliphatic heterocycles. The number of nitrogens with zero attached hydrogens (tertiary/aromatic N) is 3. The van der Waals surface area contributed by atoms with E-state index in [2.05, 4.69) is 25.3 Å². The second kappa shape index (κ2) is 11.3. The van der Waals surface area contributed by atoms with Gasteiger partial charge in [0.25, 0.3) is 0 Å². The number of nitrogens with one attached hydrogen (secondary N) is 3. The minimum Gasteiger partial charge on any atom is -0.437 e. The maximum Gasteiger partial charge on any atom is 0.232 e. The van der Waals surface area contributed by atoms with Gasteiger partial charge in [-0.2, -0.15) is 0 Å². The van der Waals surface area contributed by atoms with Crippen molar-refractivity contribution in [2.75, 3.05) is 28.9 Å². The number of anilines is 2. The number of benzene rings is 2. The van der Waals surface area contributed by atoms with Crippen LogP contribution in [0.4, 0.5) is 11.6 Å². The third-order valence-corrected chi connectivity index (χ3v) is 7.93. The number of aryl methyl sites for hydroxylation is 1. The lowest BCUT2D eigenvalue weighted by atomic mass is 10.0. The Labute approximate surface area is 223 Å². The number of ether oxygens (including phenoxy) is 1. The Morgan fingerprint density at radius 3 is 2.71 bits per heavy atom. The van der Waals surface area contributed by atoms with Crippen LogP contribution in [0.5, 0.6) is 11.6 Å². The monoisotopic (exact) mass is 532 g/mol. The molecule has 0 saturated carbocycles. The lowest BCUT2D eigenvalue weighted by molar-refractivity contribution is 0.466. The lowest BCUT2D eigenvalue weighted by Gasteiger charge is -2.23. The van der Waals surface area contributed by atoms with Crippen LogP contribution in [0.15, 0.2) is 60.9 Å². The largest absolute Gasteiger partial charge is 0.437 e. The zero-order valence-electron chi connectivity index (χ0n) is 21.6. The third kappa shape index (κ3) is 5.87. The first kappa shape index (κ1) is 25.9. The first-order valence-electron chi connectivity index (χ1n) is 12.9. The van der Waals surface area contributed by atoms with E-state index in [1.807, 2.05) is 56.3 Å². The van der Waals surface area contributed by atoms with Crippen LogP contribution in [-0.4, -0.2) is 48.3 Å². The van der Waals surface area contributed by atoms with Crippen molar-refractivity contribution in [3.8, 4) is 22.9 Å². The standard InChI is InChI=1S/C28H32N6O3S/c1-3-16-38(35,36)34-25-17-19(2)26(22-10-5-4-9-21(22)25)37-27-23(11-7-14-30-27)24-12-15-31-28(33-24)32-20-8-6-13-29-18-20/h4-5,7,9-12,14-15,17,20,29,34H,3,6,8,13,16,18H2,1-2H3,(H,31,32,33)/t20-/m0/s1. The summed E-state index contributed by atoms with van der Waals surface area (Å²) >= 11 is 0. The molecule has 0 radical (unpaired) electrons. The van der Waals surface area contributed by atoms with Gasteiger partial charge in [-0.1, -0.05) is 31.2 Å². The fourth-order valence-corrected chi connectivity index (χ4v) is 5.84. The Morgan fingerprint density at radius 2 is 1.92 bits per heavy atom. The van der Waals surface area contributed by atoms with Crippen LogP contribution in [0, 0.1) is 6.92 Å². The molecule has 198 valence electrons. The van der Waals surface area contributed by atoms with E-state index in [-0.39, 0.29) is 11.8 Å². The maximum atomic E-state index is 12.5. The molecule has 1 aliphatic rings. The molecule has 0 unspecified atom stereocenters. The molecule has 3 heterocycles. The highest BCUT2D eigenvalue weighted by atomic mass is 32.2. The molecule has 0 bridgehead atoms. The molecule has 1 atom stereocenters. The van der Waals surface area contributed by atoms with Crippen LogP contribution in [0.2, 0.25) is 0 Å². The summed E-state index contributed by atoms with van der Waals surface area (Å²) in [5.41, 5.74) is 2.74. The van der Waals surface area contributed by atoms with E-state index in [0.717, 1.165) is 47.8 Å². The van der Waals surface area contributed by atoms with Gasteiger partial charge < -0.3 is 15.4 Å². The summed E-state index contributed by atoms with van der Waals surface area (Å²) in [6, 6.07) is 15.3. The van der Waals surface area contributed by atoms with Crippen molar-refractivity contribution in [3.63, 3.8) is 0 Å². The minimum absolute atomic E-state index is 0.0585. The van der Waals surface area contributed by atoms with E-state index in [9.17, 15) is 8.42 Å². The third-order valence-electron chi connectivity index (χ3n) is 6.45. The highest BCUT2D eigenvalue weighted by Gasteiger charge is 2.19. The minimum atomic E-state index is -3.45. The van der Waals surface area contributed by atoms with E-state index in [0.29, 0.717) is 35.4 Å². The molecule has 3 N–H and O–H groups in total. The van der Waals surface area contributed by atoms with Crippen molar-refractivity contribution in [1.29, 1.82) is 0 Å². The van der Waals surface area contributed by atoms with E-state index >= 15 is 0 Å². The van der Waals surface area contributed by atoms with Gasteiger partial charge in [0.2, 0.25) is 21.9 Å². The molecule has 4 aromatic rings. The van der Waals surface area contributed by atoms with Gasteiger partial charge in [-0.25, -0.2) is 23.4 Å². The normalized spacial score (nSPS) is 15.8. The van der Waals surface area contributed by atoms with Gasteiger partial charge in [-0.3, -0.25) is 4.72 Å². The van der Waals surface area contributed by atoms with E-state index in [4.69, 9.17) is 9.72 Å². The summed E-state index contributed by atoms with van der Waals surface area (Å²) in [5, 5.41) is 8.35. The van der Waals surface area contributed by atoms with E-state index in [1.165, 1.54) is 0 Å². The average Bonchev–Trinajstić information content (AvgIpc) is 2.91. The zero-order chi connectivity index (χ0) is 26.5. The zero-order valence-corrected chi connectivity index (χ0v) is 22.4. The summed E-state index contributed by atoms with van der Waals surface area (Å²) in [5.74, 6) is 1.64. The van der Waals surface area contributed by atoms with Gasteiger partial charge in [0.1, 0.15) is 5.75 Å². The molecular weight excluding hydrogens is 500 g/mol. The van der Waals surface area contributed by atoms with E-state index in [1.54, 1.807) is 18.5 Å². The molecular formula is C28H32N6O3S. The Balaban J connectivity index is 1.49. The summed E-state index contributed by atoms with van der Waals surface area (Å²) < 4.78 is 34.2. The van der Waals surface area contributed by atoms with E-state index < -0.39 is 10.0 Å². The van der Waals surface area contributed by atoms with Crippen molar-refractivity contribution in [2.45, 2.75) is 39.2 Å². The fraction of sp³-hybridized carbons (Fsp3) is 0.321. The Morgan fingerprint density at radius 1 is 1.08 bits per heavy atom. The summed E-state index contributed by atoms with van der Waals surface area (Å²) in [7, 11) is -3.45. The van der Waals surface area contributed by atoms with Crippen LogP contribution in [0.25, 0.3) is 22.0 Å². The number of piperidine rings is 1. The van der Waals surface area contributed by atoms with Crippen LogP contribution in [0.1, 0.15) is 31.7 Å². The molecule has 5 rings (SSSR count). The smallest absolute Gasteiger partial charge is 0.232 e. The Bertz CT molecular complexity index is 1540. The quantitative estimate of drug-likeness (QED) is 0.272. The van der Waals surface area contributed by atoms with Crippen LogP contribution < -0.4 is 20.1 Å². The number of hydrogen-bond donors (Lipinski definition) is 3. The molecule has 9 nitrogen and oxygen atoms in total. The highest BCUT2D eigenvalue weighted by Crippen LogP contribution is 2.39. The van der Waals surface area contributed by atoms with Crippen LogP contribution in [0.3, 0.4) is 0 Å². The van der Waals surface area contributed by atoms with Gasteiger partial charge in [0.05, 0.1) is 22.7 Å². The maximum absolute atomic E-state index is 12.5. The van der Waals surface area contributed by atoms with Crippen LogP contribution in [-0.2, 0) is 10.0 Å². The van der Waals surface area contributed by atoms with Gasteiger partial charge in [0.15, 0.2) is 0 Å². The summed E-state index contributed by atoms with van der Waals surface area (Å²) in [4.78, 5) is 13.7. The summed E-state index contributed by atoms with van der Waals surface area (Å²) in [6.45, 7) is 5.65. The number of sulfonamides is 1. The molecule has 0 aliphatic carbocycles. The molecule has 2 aromatic heterocycles. The number of pyridine rings is 1. The Hall–Kier alpha value is -3.76. The van der Waals surface area contributed by atoms with Gasteiger partial charge >= 0.3 is 0 Å². The number of hydrogen-bond acceptors (Lipinski definition) is 8. The SMILES string of the molecule is CCCS(=O)(=O)Nc1cc(C)c(Oc2ncccc2-c2ccnc(N[C@H]3CCCNC3)n2)c2ccccc12. The summed E-state index contributed by atoms with van der Waals surface area (Å²) in [6.07, 6.45) is 6.13. The van der Waals surface area contributed by atoms with Crippen molar-refractivity contribution < 1.29 is 13.2 Å². The average molecular weight is 533 g/mol. The van der Waals surface area contributed by atoms with Gasteiger partial charge in [-0.15, -0.1) is 0 Å². The molecule has 38 heavy (non-hydrogen) atoms. The van der Waals surface area contributed by atoms with Crippen LogP contribution >= 0.6 is 0 Å². The second-order valence-electron chi connectivity index (χ2n) is 9.45. The molecule has 2 aromatic carbocycles. The first-order chi connectivity index (χ1) is 18.4. The Kier molecular flexibility index (Phi) is 7.71. The van der Waals surface area contributed by atoms with Gasteiger partial charge in [0, 0.05) is 35.8 Å². The molecule has 0 amide bonds. The van der Waals surface area contributed by atoms with Crippen molar-refractivity contribution >= 4 is 32.4 Å². The highest BCUT2D eigenvalue weighted by molar-refractivity contribution is 7.92. The van der Waals surface area contributed by atoms with Gasteiger partial charge in [-0.05, 0) is 62.6 Å². The molecule has 10 heteroatoms.